The van der Waals surface area contributed by atoms with Crippen molar-refractivity contribution in [1.82, 2.24) is 14.9 Å². The molecule has 0 unspecified atom stereocenters. The summed E-state index contributed by atoms with van der Waals surface area (Å²) in [6.07, 6.45) is -3.46. The van der Waals surface area contributed by atoms with Gasteiger partial charge in [0.25, 0.3) is 0 Å². The van der Waals surface area contributed by atoms with Gasteiger partial charge >= 0.3 is 11.9 Å². The van der Waals surface area contributed by atoms with Gasteiger partial charge in [-0.1, -0.05) is 72.3 Å². The van der Waals surface area contributed by atoms with E-state index in [0.717, 1.165) is 35.7 Å². The fourth-order valence-corrected chi connectivity index (χ4v) is 5.03. The normalized spacial score (nSPS) is 14.4. The molecule has 1 fully saturated rings. The van der Waals surface area contributed by atoms with Crippen LogP contribution in [0.3, 0.4) is 0 Å². The van der Waals surface area contributed by atoms with E-state index in [2.05, 4.69) is 44.5 Å². The van der Waals surface area contributed by atoms with Crippen LogP contribution in [0.5, 0.6) is 0 Å². The molecular weight excluding hydrogens is 545 g/mol. The second kappa shape index (κ2) is 11.5. The van der Waals surface area contributed by atoms with Crippen molar-refractivity contribution >= 4 is 34.6 Å². The molecule has 0 spiro atoms. The van der Waals surface area contributed by atoms with Gasteiger partial charge in [0, 0.05) is 26.2 Å². The van der Waals surface area contributed by atoms with Crippen molar-refractivity contribution < 1.29 is 18.1 Å². The number of piperazine rings is 1. The van der Waals surface area contributed by atoms with Crippen LogP contribution in [0.2, 0.25) is 5.02 Å². The van der Waals surface area contributed by atoms with Gasteiger partial charge in [-0.05, 0) is 29.3 Å². The van der Waals surface area contributed by atoms with E-state index in [9.17, 15) is 23.3 Å². The highest BCUT2D eigenvalue weighted by Gasteiger charge is 2.34. The Hall–Kier alpha value is -4.22. The lowest BCUT2D eigenvalue weighted by atomic mass is 9.96. The van der Waals surface area contributed by atoms with Crippen molar-refractivity contribution in [2.45, 2.75) is 12.2 Å². The second-order valence-corrected chi connectivity index (χ2v) is 9.62. The van der Waals surface area contributed by atoms with Crippen LogP contribution in [0, 0.1) is 10.1 Å². The maximum atomic E-state index is 13.2. The molecule has 206 valence electrons. The number of nitro groups is 1. The summed E-state index contributed by atoms with van der Waals surface area (Å²) in [7, 11) is 0. The fourth-order valence-electron chi connectivity index (χ4n) is 4.86. The summed E-state index contributed by atoms with van der Waals surface area (Å²) in [4.78, 5) is 23.8. The minimum atomic E-state index is -4.61. The average molecular weight is 569 g/mol. The number of nitrogens with one attached hydrogen (secondary N) is 1. The third kappa shape index (κ3) is 5.85. The van der Waals surface area contributed by atoms with Crippen LogP contribution in [0.1, 0.15) is 22.7 Å². The van der Waals surface area contributed by atoms with Crippen molar-refractivity contribution in [3.63, 3.8) is 0 Å². The van der Waals surface area contributed by atoms with E-state index in [4.69, 9.17) is 11.6 Å². The zero-order valence-electron chi connectivity index (χ0n) is 21.1. The van der Waals surface area contributed by atoms with Crippen LogP contribution in [-0.2, 0) is 6.18 Å². The summed E-state index contributed by atoms with van der Waals surface area (Å²) in [6.45, 7) is 2.07. The van der Waals surface area contributed by atoms with Crippen LogP contribution in [0.25, 0.3) is 0 Å². The molecule has 3 aromatic carbocycles. The number of alkyl halides is 3. The highest BCUT2D eigenvalue weighted by atomic mass is 35.5. The van der Waals surface area contributed by atoms with Gasteiger partial charge in [-0.25, -0.2) is 9.97 Å². The molecule has 1 N–H and O–H groups in total. The second-order valence-electron chi connectivity index (χ2n) is 9.22. The first-order chi connectivity index (χ1) is 19.2. The number of anilines is 3. The van der Waals surface area contributed by atoms with Gasteiger partial charge in [-0.3, -0.25) is 15.0 Å². The molecule has 1 aliphatic heterocycles. The first-order valence-corrected chi connectivity index (χ1v) is 12.8. The minimum absolute atomic E-state index is 0.00483. The Morgan fingerprint density at radius 2 is 1.50 bits per heavy atom. The number of benzene rings is 3. The predicted octanol–water partition coefficient (Wildman–Crippen LogP) is 6.71. The van der Waals surface area contributed by atoms with E-state index >= 15 is 0 Å². The zero-order chi connectivity index (χ0) is 28.3. The Kier molecular flexibility index (Phi) is 7.85. The molecule has 0 atom stereocenters. The van der Waals surface area contributed by atoms with E-state index in [-0.39, 0.29) is 28.4 Å². The van der Waals surface area contributed by atoms with Crippen LogP contribution in [-0.4, -0.2) is 46.0 Å². The molecule has 8 nitrogen and oxygen atoms in total. The van der Waals surface area contributed by atoms with Crippen LogP contribution in [0.15, 0.2) is 85.2 Å². The Labute approximate surface area is 233 Å². The monoisotopic (exact) mass is 568 g/mol. The van der Waals surface area contributed by atoms with Crippen LogP contribution >= 0.6 is 11.6 Å². The smallest absolute Gasteiger partial charge is 0.348 e. The van der Waals surface area contributed by atoms with E-state index < -0.39 is 22.4 Å². The molecule has 4 aromatic rings. The molecule has 1 aromatic heterocycles. The molecule has 0 bridgehead atoms. The molecule has 0 saturated carbocycles. The van der Waals surface area contributed by atoms with Gasteiger partial charge in [0.05, 0.1) is 27.2 Å². The highest BCUT2D eigenvalue weighted by molar-refractivity contribution is 6.33. The molecule has 1 saturated heterocycles. The molecule has 5 rings (SSSR count). The van der Waals surface area contributed by atoms with E-state index in [1.165, 1.54) is 0 Å². The van der Waals surface area contributed by atoms with Gasteiger partial charge in [0.1, 0.15) is 6.33 Å². The molecule has 0 amide bonds. The summed E-state index contributed by atoms with van der Waals surface area (Å²) in [5, 5.41) is 14.7. The third-order valence-electron chi connectivity index (χ3n) is 6.74. The highest BCUT2D eigenvalue weighted by Crippen LogP contribution is 2.39. The standard InChI is InChI=1S/C28H24ClF3N6O2/c29-22-12-11-21(28(30,31)32)17-23(22)35-26-25(38(39)40)27(34-18-33-26)37-15-13-36(14-16-37)24(19-7-3-1-4-8-19)20-9-5-2-6-10-20/h1-12,17-18,24H,13-16H2,(H,33,34,35). The quantitative estimate of drug-likeness (QED) is 0.196. The summed E-state index contributed by atoms with van der Waals surface area (Å²) in [5.41, 5.74) is 0.743. The molecule has 12 heteroatoms. The number of hydrogen-bond acceptors (Lipinski definition) is 7. The first kappa shape index (κ1) is 27.4. The van der Waals surface area contributed by atoms with Crippen LogP contribution < -0.4 is 10.2 Å². The Balaban J connectivity index is 1.41. The van der Waals surface area contributed by atoms with Crippen molar-refractivity contribution in [3.8, 4) is 0 Å². The van der Waals surface area contributed by atoms with Crippen LogP contribution in [0.4, 0.5) is 36.2 Å². The van der Waals surface area contributed by atoms with Crippen molar-refractivity contribution in [2.75, 3.05) is 36.4 Å². The van der Waals surface area contributed by atoms with E-state index in [1.807, 2.05) is 36.4 Å². The number of halogens is 4. The summed E-state index contributed by atoms with van der Waals surface area (Å²) in [6, 6.07) is 23.0. The maximum Gasteiger partial charge on any atom is 0.416 e. The number of rotatable bonds is 7. The molecule has 1 aliphatic rings. The predicted molar refractivity (Wildman–Crippen MR) is 147 cm³/mol. The fraction of sp³-hybridized carbons (Fsp3) is 0.214. The Morgan fingerprint density at radius 3 is 2.05 bits per heavy atom. The number of aromatic nitrogens is 2. The molecule has 0 aliphatic carbocycles. The van der Waals surface area contributed by atoms with Gasteiger partial charge in [-0.2, -0.15) is 13.2 Å². The first-order valence-electron chi connectivity index (χ1n) is 12.4. The third-order valence-corrected chi connectivity index (χ3v) is 7.07. The van der Waals surface area contributed by atoms with Gasteiger partial charge in [0.2, 0.25) is 11.6 Å². The largest absolute Gasteiger partial charge is 0.416 e. The van der Waals surface area contributed by atoms with Gasteiger partial charge in [-0.15, -0.1) is 0 Å². The zero-order valence-corrected chi connectivity index (χ0v) is 21.8. The average Bonchev–Trinajstić information content (AvgIpc) is 2.95. The Morgan fingerprint density at radius 1 is 0.900 bits per heavy atom. The summed E-state index contributed by atoms with van der Waals surface area (Å²) >= 11 is 6.10. The molecule has 0 radical (unpaired) electrons. The number of hydrogen-bond donors (Lipinski definition) is 1. The van der Waals surface area contributed by atoms with Gasteiger partial charge < -0.3 is 10.2 Å². The lowest BCUT2D eigenvalue weighted by molar-refractivity contribution is -0.383. The SMILES string of the molecule is O=[N+]([O-])c1c(Nc2cc(C(F)(F)F)ccc2Cl)ncnc1N1CCN(C(c2ccccc2)c2ccccc2)CC1. The number of nitrogens with zero attached hydrogens (tertiary/aromatic N) is 5. The Bertz CT molecular complexity index is 1440. The topological polar surface area (TPSA) is 87.4 Å². The van der Waals surface area contributed by atoms with Gasteiger partial charge in [0.15, 0.2) is 0 Å². The van der Waals surface area contributed by atoms with Crippen molar-refractivity contribution in [3.05, 3.63) is 117 Å². The lowest BCUT2D eigenvalue weighted by Crippen LogP contribution is -2.48. The van der Waals surface area contributed by atoms with Crippen molar-refractivity contribution in [2.24, 2.45) is 0 Å². The molecule has 2 heterocycles. The van der Waals surface area contributed by atoms with E-state index in [1.54, 1.807) is 4.90 Å². The molecule has 40 heavy (non-hydrogen) atoms. The van der Waals surface area contributed by atoms with E-state index in [0.29, 0.717) is 26.2 Å². The summed E-state index contributed by atoms with van der Waals surface area (Å²) in [5.74, 6) is -0.161. The molecular formula is C28H24ClF3N6O2. The minimum Gasteiger partial charge on any atom is -0.348 e. The van der Waals surface area contributed by atoms with Crippen molar-refractivity contribution in [1.29, 1.82) is 0 Å². The summed E-state index contributed by atoms with van der Waals surface area (Å²) < 4.78 is 39.7. The maximum absolute atomic E-state index is 13.2. The lowest BCUT2D eigenvalue weighted by Gasteiger charge is -2.40.